The van der Waals surface area contributed by atoms with Crippen LogP contribution < -0.4 is 0 Å². The van der Waals surface area contributed by atoms with Crippen molar-refractivity contribution >= 4 is 17.5 Å². The Bertz CT molecular complexity index is 954. The van der Waals surface area contributed by atoms with Crippen molar-refractivity contribution in [2.45, 2.75) is 16.2 Å². The third kappa shape index (κ3) is 0.850. The van der Waals surface area contributed by atoms with Crippen molar-refractivity contribution in [1.82, 2.24) is 0 Å². The molecule has 6 saturated carbocycles. The summed E-state index contributed by atoms with van der Waals surface area (Å²) in [5, 5.41) is 0. The zero-order chi connectivity index (χ0) is 15.4. The van der Waals surface area contributed by atoms with Gasteiger partial charge in [0, 0.05) is 27.2 Å². The van der Waals surface area contributed by atoms with Crippen molar-refractivity contribution in [2.24, 2.45) is 46.8 Å². The van der Waals surface area contributed by atoms with Gasteiger partial charge in [0.15, 0.2) is 5.78 Å². The van der Waals surface area contributed by atoms with Gasteiger partial charge in [-0.1, -0.05) is 42.1 Å². The molecular weight excluding hydrogens is 312 g/mol. The molecule has 6 aliphatic carbocycles. The van der Waals surface area contributed by atoms with Crippen molar-refractivity contribution in [1.29, 1.82) is 0 Å². The fraction of sp³-hybridized carbons (Fsp3) is 0.409. The summed E-state index contributed by atoms with van der Waals surface area (Å²) in [4.78, 5) is 16.3. The first-order chi connectivity index (χ1) is 11.8. The monoisotopic (exact) mass is 328 g/mol. The number of hydrogen-bond donors (Lipinski definition) is 0. The minimum absolute atomic E-state index is 0.130. The van der Waals surface area contributed by atoms with E-state index in [-0.39, 0.29) is 5.41 Å². The van der Waals surface area contributed by atoms with E-state index >= 15 is 0 Å². The van der Waals surface area contributed by atoms with E-state index in [0.717, 1.165) is 53.4 Å². The molecule has 1 aliphatic heterocycles. The summed E-state index contributed by atoms with van der Waals surface area (Å²) < 4.78 is 0. The number of ketones is 1. The highest BCUT2D eigenvalue weighted by Gasteiger charge is 3.05. The van der Waals surface area contributed by atoms with Gasteiger partial charge in [0.1, 0.15) is 0 Å². The Kier molecular flexibility index (Phi) is 1.62. The molecule has 2 aromatic carbocycles. The maximum absolute atomic E-state index is 13.6. The first kappa shape index (κ1) is 11.9. The summed E-state index contributed by atoms with van der Waals surface area (Å²) in [5.74, 6) is 6.93. The molecule has 1 nitrogen and oxygen atoms in total. The van der Waals surface area contributed by atoms with Crippen LogP contribution >= 0.6 is 11.8 Å². The van der Waals surface area contributed by atoms with Gasteiger partial charge in [-0.25, -0.2) is 0 Å². The van der Waals surface area contributed by atoms with E-state index in [0.29, 0.717) is 5.78 Å². The van der Waals surface area contributed by atoms with Crippen molar-refractivity contribution in [3.63, 3.8) is 0 Å². The highest BCUT2D eigenvalue weighted by atomic mass is 32.2. The smallest absolute Gasteiger partial charge is 0.170 e. The summed E-state index contributed by atoms with van der Waals surface area (Å²) in [7, 11) is 0. The van der Waals surface area contributed by atoms with Gasteiger partial charge in [-0.15, -0.1) is 0 Å². The lowest BCUT2D eigenvalue weighted by molar-refractivity contribution is -0.593. The van der Waals surface area contributed by atoms with E-state index in [1.165, 1.54) is 20.9 Å². The van der Waals surface area contributed by atoms with E-state index in [4.69, 9.17) is 0 Å². The van der Waals surface area contributed by atoms with Gasteiger partial charge < -0.3 is 0 Å². The largest absolute Gasteiger partial charge is 0.294 e. The SMILES string of the molecule is O=C(c1cccc2c1Cc1ccccc1S2)C12C3C4C5C3C1C5C42. The molecule has 0 amide bonds. The lowest BCUT2D eigenvalue weighted by atomic mass is 8.96. The Morgan fingerprint density at radius 3 is 2.38 bits per heavy atom. The van der Waals surface area contributed by atoms with Crippen LogP contribution in [0.25, 0.3) is 0 Å². The van der Waals surface area contributed by atoms with Crippen molar-refractivity contribution in [3.8, 4) is 0 Å². The topological polar surface area (TPSA) is 17.1 Å². The lowest BCUT2D eigenvalue weighted by Gasteiger charge is -3.07. The number of benzene rings is 2. The van der Waals surface area contributed by atoms with E-state index in [1.54, 1.807) is 0 Å². The minimum Gasteiger partial charge on any atom is -0.294 e. The summed E-state index contributed by atoms with van der Waals surface area (Å²) in [5.41, 5.74) is 3.88. The zero-order valence-corrected chi connectivity index (χ0v) is 13.9. The predicted octanol–water partition coefficient (Wildman–Crippen LogP) is 4.29. The van der Waals surface area contributed by atoms with Gasteiger partial charge in [-0.2, -0.15) is 0 Å². The summed E-state index contributed by atoms with van der Waals surface area (Å²) in [6, 6.07) is 15.1. The molecule has 0 atom stereocenters. The van der Waals surface area contributed by atoms with E-state index in [9.17, 15) is 4.79 Å². The van der Waals surface area contributed by atoms with E-state index in [2.05, 4.69) is 42.5 Å². The molecular formula is C22H16OS. The highest BCUT2D eigenvalue weighted by Crippen LogP contribution is 3.06. The van der Waals surface area contributed by atoms with Gasteiger partial charge in [-0.05, 0) is 64.7 Å². The van der Waals surface area contributed by atoms with Crippen molar-refractivity contribution in [2.75, 3.05) is 0 Å². The first-order valence-corrected chi connectivity index (χ1v) is 10.1. The summed E-state index contributed by atoms with van der Waals surface area (Å²) in [6.45, 7) is 0. The van der Waals surface area contributed by atoms with Crippen LogP contribution in [0, 0.1) is 46.8 Å². The fourth-order valence-electron chi connectivity index (χ4n) is 8.23. The number of hydrogen-bond acceptors (Lipinski definition) is 2. The van der Waals surface area contributed by atoms with Crippen molar-refractivity contribution < 1.29 is 4.79 Å². The normalized spacial score (nSPS) is 48.4. The van der Waals surface area contributed by atoms with Crippen LogP contribution in [0.5, 0.6) is 0 Å². The number of Topliss-reactive ketones (excluding diaryl/α,β-unsaturated/α-hetero) is 1. The van der Waals surface area contributed by atoms with Crippen LogP contribution in [0.15, 0.2) is 52.3 Å². The van der Waals surface area contributed by atoms with Crippen LogP contribution in [-0.2, 0) is 6.42 Å². The molecule has 0 bridgehead atoms. The molecule has 1 heterocycles. The molecule has 116 valence electrons. The van der Waals surface area contributed by atoms with Gasteiger partial charge in [0.2, 0.25) is 0 Å². The zero-order valence-electron chi connectivity index (χ0n) is 13.1. The standard InChI is InChI=1S/C22H16OS/c23-21(22-18-15-14-16(18)20(22)17(14)19(15)22)10-5-3-7-13-11(10)8-9-4-1-2-6-12(9)24-13/h1-7,14-20H,8H2. The Labute approximate surface area is 144 Å². The maximum atomic E-state index is 13.6. The Morgan fingerprint density at radius 1 is 0.875 bits per heavy atom. The number of carbonyl (C=O) groups is 1. The van der Waals surface area contributed by atoms with Crippen LogP contribution in [0.1, 0.15) is 21.5 Å². The van der Waals surface area contributed by atoms with Crippen molar-refractivity contribution in [3.05, 3.63) is 59.2 Å². The average Bonchev–Trinajstić information content (AvgIpc) is 2.65. The molecule has 0 saturated heterocycles. The van der Waals surface area contributed by atoms with Gasteiger partial charge in [-0.3, -0.25) is 4.79 Å². The van der Waals surface area contributed by atoms with Crippen LogP contribution in [-0.4, -0.2) is 5.78 Å². The Morgan fingerprint density at radius 2 is 1.58 bits per heavy atom. The average molecular weight is 328 g/mol. The third-order valence-electron chi connectivity index (χ3n) is 8.81. The van der Waals surface area contributed by atoms with Crippen LogP contribution in [0.3, 0.4) is 0 Å². The molecule has 0 aromatic heterocycles. The summed E-state index contributed by atoms with van der Waals surface area (Å²) >= 11 is 1.84. The molecule has 2 aromatic rings. The third-order valence-corrected chi connectivity index (χ3v) is 10.0. The van der Waals surface area contributed by atoms with Gasteiger partial charge >= 0.3 is 0 Å². The lowest BCUT2D eigenvalue weighted by Crippen LogP contribution is -3.06. The molecule has 6 fully saturated rings. The second-order valence-corrected chi connectivity index (χ2v) is 9.90. The number of carbonyl (C=O) groups excluding carboxylic acids is 1. The number of fused-ring (bicyclic) bond motifs is 2. The first-order valence-electron chi connectivity index (χ1n) is 9.26. The van der Waals surface area contributed by atoms with Gasteiger partial charge in [0.05, 0.1) is 0 Å². The molecule has 9 rings (SSSR count). The Balaban J connectivity index is 1.26. The molecule has 0 N–H and O–H groups in total. The molecule has 24 heavy (non-hydrogen) atoms. The van der Waals surface area contributed by atoms with E-state index in [1.807, 2.05) is 11.8 Å². The predicted molar refractivity (Wildman–Crippen MR) is 91.0 cm³/mol. The van der Waals surface area contributed by atoms with Crippen LogP contribution in [0.4, 0.5) is 0 Å². The Hall–Kier alpha value is -1.54. The highest BCUT2D eigenvalue weighted by molar-refractivity contribution is 7.99. The molecule has 7 aliphatic rings. The maximum Gasteiger partial charge on any atom is 0.170 e. The minimum atomic E-state index is 0.130. The molecule has 0 radical (unpaired) electrons. The fourth-order valence-corrected chi connectivity index (χ4v) is 9.34. The summed E-state index contributed by atoms with van der Waals surface area (Å²) in [6.07, 6.45) is 0.926. The number of rotatable bonds is 2. The van der Waals surface area contributed by atoms with Gasteiger partial charge in [0.25, 0.3) is 0 Å². The second-order valence-electron chi connectivity index (χ2n) is 8.82. The molecule has 0 unspecified atom stereocenters. The quantitative estimate of drug-likeness (QED) is 0.653. The van der Waals surface area contributed by atoms with E-state index < -0.39 is 0 Å². The molecule has 0 spiro atoms. The van der Waals surface area contributed by atoms with Crippen LogP contribution in [0.2, 0.25) is 0 Å². The second kappa shape index (κ2) is 3.26. The molecule has 2 heteroatoms.